The van der Waals surface area contributed by atoms with Crippen LogP contribution < -0.4 is 5.32 Å². The summed E-state index contributed by atoms with van der Waals surface area (Å²) in [5.41, 5.74) is 5.53. The van der Waals surface area contributed by atoms with Crippen LogP contribution in [0.1, 0.15) is 21.6 Å². The van der Waals surface area contributed by atoms with Gasteiger partial charge in [-0.2, -0.15) is 10.2 Å². The third kappa shape index (κ3) is 4.29. The number of hydrogen-bond acceptors (Lipinski definition) is 8. The highest BCUT2D eigenvalue weighted by Gasteiger charge is 2.20. The van der Waals surface area contributed by atoms with E-state index in [1.807, 2.05) is 37.3 Å². The van der Waals surface area contributed by atoms with Crippen LogP contribution in [-0.2, 0) is 0 Å². The molecule has 2 aromatic carbocycles. The predicted molar refractivity (Wildman–Crippen MR) is 143 cm³/mol. The molecule has 4 aromatic heterocycles. The maximum atomic E-state index is 13.4. The van der Waals surface area contributed by atoms with Crippen molar-refractivity contribution in [3.05, 3.63) is 89.0 Å². The van der Waals surface area contributed by atoms with Crippen molar-refractivity contribution in [2.24, 2.45) is 0 Å². The van der Waals surface area contributed by atoms with Crippen LogP contribution >= 0.6 is 22.9 Å². The molecule has 6 rings (SSSR count). The number of furan rings is 1. The number of carbonyl (C=O) groups is 1. The molecule has 0 fully saturated rings. The van der Waals surface area contributed by atoms with Crippen molar-refractivity contribution in [3.63, 3.8) is 0 Å². The van der Waals surface area contributed by atoms with Gasteiger partial charge in [-0.15, -0.1) is 0 Å². The minimum Gasteiger partial charge on any atom is -0.464 e. The first-order valence-electron chi connectivity index (χ1n) is 11.1. The quantitative estimate of drug-likeness (QED) is 0.275. The van der Waals surface area contributed by atoms with E-state index in [1.165, 1.54) is 17.5 Å². The van der Waals surface area contributed by atoms with Gasteiger partial charge in [-0.25, -0.2) is 9.97 Å². The SMILES string of the molecule is Cc1cc(-c2cc(Cl)cc3ccoc23)c(C(=O)Nc2nc3ncc(-c4ccc(C#N)cc4)nc3s2)cn1. The number of pyridine rings is 1. The molecule has 178 valence electrons. The minimum absolute atomic E-state index is 0.351. The first-order chi connectivity index (χ1) is 18.0. The molecule has 6 aromatic rings. The van der Waals surface area contributed by atoms with Crippen molar-refractivity contribution in [1.82, 2.24) is 19.9 Å². The Labute approximate surface area is 219 Å². The number of anilines is 1. The average Bonchev–Trinajstić information content (AvgIpc) is 3.54. The summed E-state index contributed by atoms with van der Waals surface area (Å²) in [4.78, 5) is 31.8. The summed E-state index contributed by atoms with van der Waals surface area (Å²) >= 11 is 7.57. The van der Waals surface area contributed by atoms with Gasteiger partial charge in [-0.3, -0.25) is 15.1 Å². The monoisotopic (exact) mass is 522 g/mol. The molecular weight excluding hydrogens is 508 g/mol. The van der Waals surface area contributed by atoms with Crippen LogP contribution in [0.15, 0.2) is 71.6 Å². The van der Waals surface area contributed by atoms with Gasteiger partial charge in [-0.1, -0.05) is 35.1 Å². The van der Waals surface area contributed by atoms with Gasteiger partial charge in [0.15, 0.2) is 15.6 Å². The summed E-state index contributed by atoms with van der Waals surface area (Å²) < 4.78 is 5.70. The lowest BCUT2D eigenvalue weighted by Gasteiger charge is -2.11. The molecule has 37 heavy (non-hydrogen) atoms. The standard InChI is InChI=1S/C27H15ClN6O2S/c1-14-8-19(20-10-18(28)9-17-6-7-36-23(17)20)21(12-30-14)25(35)34-27-33-24-26(37-27)32-22(13-31-24)16-4-2-15(11-29)3-5-16/h2-10,12-13H,1H3,(H,31,33,34,35). The summed E-state index contributed by atoms with van der Waals surface area (Å²) in [5, 5.41) is 13.6. The minimum atomic E-state index is -0.381. The number of nitrogens with zero attached hydrogens (tertiary/aromatic N) is 5. The third-order valence-corrected chi connectivity index (χ3v) is 6.82. The number of rotatable bonds is 4. The van der Waals surface area contributed by atoms with Crippen LogP contribution in [0.3, 0.4) is 0 Å². The van der Waals surface area contributed by atoms with Crippen molar-refractivity contribution in [3.8, 4) is 28.5 Å². The van der Waals surface area contributed by atoms with E-state index in [0.717, 1.165) is 16.6 Å². The Morgan fingerprint density at radius 2 is 1.89 bits per heavy atom. The lowest BCUT2D eigenvalue weighted by Crippen LogP contribution is -2.13. The summed E-state index contributed by atoms with van der Waals surface area (Å²) in [6.45, 7) is 1.85. The first kappa shape index (κ1) is 22.8. The van der Waals surface area contributed by atoms with Crippen LogP contribution in [0.4, 0.5) is 5.13 Å². The fraction of sp³-hybridized carbons (Fsp3) is 0.0370. The van der Waals surface area contributed by atoms with Gasteiger partial charge in [0, 0.05) is 39.0 Å². The van der Waals surface area contributed by atoms with Gasteiger partial charge in [0.25, 0.3) is 5.91 Å². The Balaban J connectivity index is 1.34. The van der Waals surface area contributed by atoms with Crippen LogP contribution in [0.2, 0.25) is 5.02 Å². The van der Waals surface area contributed by atoms with E-state index >= 15 is 0 Å². The van der Waals surface area contributed by atoms with E-state index in [4.69, 9.17) is 21.3 Å². The molecule has 0 unspecified atom stereocenters. The van der Waals surface area contributed by atoms with Gasteiger partial charge in [0.05, 0.1) is 35.4 Å². The zero-order valence-corrected chi connectivity index (χ0v) is 20.8. The maximum absolute atomic E-state index is 13.4. The molecule has 1 amide bonds. The molecule has 0 aliphatic carbocycles. The van der Waals surface area contributed by atoms with Crippen molar-refractivity contribution >= 4 is 55.4 Å². The summed E-state index contributed by atoms with van der Waals surface area (Å²) in [7, 11) is 0. The number of nitrogens with one attached hydrogen (secondary N) is 1. The van der Waals surface area contributed by atoms with E-state index in [9.17, 15) is 4.79 Å². The lowest BCUT2D eigenvalue weighted by atomic mass is 9.98. The molecule has 0 saturated carbocycles. The normalized spacial score (nSPS) is 11.1. The molecule has 1 N–H and O–H groups in total. The van der Waals surface area contributed by atoms with Gasteiger partial charge >= 0.3 is 0 Å². The number of aromatic nitrogens is 4. The highest BCUT2D eigenvalue weighted by atomic mass is 35.5. The molecule has 0 aliphatic heterocycles. The van der Waals surface area contributed by atoms with Gasteiger partial charge in [-0.05, 0) is 43.3 Å². The van der Waals surface area contributed by atoms with Crippen molar-refractivity contribution in [2.45, 2.75) is 6.92 Å². The highest BCUT2D eigenvalue weighted by molar-refractivity contribution is 7.21. The number of nitriles is 1. The van der Waals surface area contributed by atoms with Gasteiger partial charge in [0.2, 0.25) is 0 Å². The number of carbonyl (C=O) groups excluding carboxylic acids is 1. The van der Waals surface area contributed by atoms with E-state index < -0.39 is 0 Å². The average molecular weight is 523 g/mol. The highest BCUT2D eigenvalue weighted by Crippen LogP contribution is 2.35. The number of benzene rings is 2. The van der Waals surface area contributed by atoms with Crippen molar-refractivity contribution in [1.29, 1.82) is 5.26 Å². The molecule has 0 bridgehead atoms. The first-order valence-corrected chi connectivity index (χ1v) is 12.3. The second kappa shape index (κ2) is 9.09. The summed E-state index contributed by atoms with van der Waals surface area (Å²) in [6.07, 6.45) is 4.73. The van der Waals surface area contributed by atoms with Crippen LogP contribution in [0.25, 0.3) is 43.8 Å². The van der Waals surface area contributed by atoms with E-state index in [-0.39, 0.29) is 5.91 Å². The Morgan fingerprint density at radius 1 is 1.05 bits per heavy atom. The molecule has 0 atom stereocenters. The zero-order chi connectivity index (χ0) is 25.5. The summed E-state index contributed by atoms with van der Waals surface area (Å²) in [5.74, 6) is -0.381. The molecule has 4 heterocycles. The van der Waals surface area contributed by atoms with Gasteiger partial charge in [0.1, 0.15) is 5.58 Å². The van der Waals surface area contributed by atoms with Crippen molar-refractivity contribution < 1.29 is 9.21 Å². The molecule has 0 aliphatic rings. The molecular formula is C27H15ClN6O2S. The van der Waals surface area contributed by atoms with E-state index in [0.29, 0.717) is 54.2 Å². The number of fused-ring (bicyclic) bond motifs is 2. The topological polar surface area (TPSA) is 118 Å². The lowest BCUT2D eigenvalue weighted by molar-refractivity contribution is 0.102. The molecule has 0 saturated heterocycles. The zero-order valence-electron chi connectivity index (χ0n) is 19.2. The Kier molecular flexibility index (Phi) is 5.60. The summed E-state index contributed by atoms with van der Waals surface area (Å²) in [6, 6.07) is 16.4. The molecule has 0 radical (unpaired) electrons. The molecule has 10 heteroatoms. The number of aryl methyl sites for hydroxylation is 1. The number of thiazole rings is 1. The van der Waals surface area contributed by atoms with Crippen LogP contribution in [0.5, 0.6) is 0 Å². The Bertz CT molecular complexity index is 1870. The van der Waals surface area contributed by atoms with E-state index in [1.54, 1.807) is 30.7 Å². The smallest absolute Gasteiger partial charge is 0.259 e. The number of halogens is 1. The van der Waals surface area contributed by atoms with Gasteiger partial charge < -0.3 is 4.42 Å². The Morgan fingerprint density at radius 3 is 2.70 bits per heavy atom. The van der Waals surface area contributed by atoms with E-state index in [2.05, 4.69) is 31.3 Å². The third-order valence-electron chi connectivity index (χ3n) is 5.74. The second-order valence-corrected chi connectivity index (χ2v) is 9.62. The van der Waals surface area contributed by atoms with Crippen LogP contribution in [0, 0.1) is 18.3 Å². The number of hydrogen-bond donors (Lipinski definition) is 1. The maximum Gasteiger partial charge on any atom is 0.259 e. The Hall–Kier alpha value is -4.65. The largest absolute Gasteiger partial charge is 0.464 e. The molecule has 8 nitrogen and oxygen atoms in total. The predicted octanol–water partition coefficient (Wildman–Crippen LogP) is 6.65. The number of amides is 1. The molecule has 0 spiro atoms. The van der Waals surface area contributed by atoms with Crippen molar-refractivity contribution in [2.75, 3.05) is 5.32 Å². The second-order valence-electron chi connectivity index (χ2n) is 8.21. The fourth-order valence-electron chi connectivity index (χ4n) is 4.00. The fourth-order valence-corrected chi connectivity index (χ4v) is 5.02. The van der Waals surface area contributed by atoms with Crippen LogP contribution in [-0.4, -0.2) is 25.8 Å².